The molecule has 0 saturated carbocycles. The first-order valence-electron chi connectivity index (χ1n) is 13.7. The van der Waals surface area contributed by atoms with Crippen LogP contribution in [0.4, 0.5) is 28.9 Å². The van der Waals surface area contributed by atoms with Crippen molar-refractivity contribution in [3.8, 4) is 0 Å². The highest BCUT2D eigenvalue weighted by Crippen LogP contribution is 2.42. The molecular formula is C31H32ClF4N3O3S. The number of nitrogens with zero attached hydrogens (tertiary/aromatic N) is 3. The molecule has 0 aliphatic carbocycles. The van der Waals surface area contributed by atoms with E-state index < -0.39 is 38.1 Å². The SMILES string of the molecule is C/C(=C\c1ccc2c(c1)N(S(=O)(=O)c1cccc(C(F)(F)F)c1)CC1CN(CC(C)(C)O)CCN21)c1c(F)cccc1Cl. The Kier molecular flexibility index (Phi) is 8.32. The molecule has 1 N–H and O–H groups in total. The van der Waals surface area contributed by atoms with Crippen LogP contribution in [-0.2, 0) is 16.2 Å². The Morgan fingerprint density at radius 2 is 1.74 bits per heavy atom. The second-order valence-electron chi connectivity index (χ2n) is 11.6. The summed E-state index contributed by atoms with van der Waals surface area (Å²) in [5, 5.41) is 10.6. The Bertz CT molecular complexity index is 1650. The summed E-state index contributed by atoms with van der Waals surface area (Å²) in [6.45, 7) is 7.10. The van der Waals surface area contributed by atoms with E-state index in [1.165, 1.54) is 12.1 Å². The quantitative estimate of drug-likeness (QED) is 0.246. The fourth-order valence-corrected chi connectivity index (χ4v) is 7.70. The molecule has 1 saturated heterocycles. The third-order valence-electron chi connectivity index (χ3n) is 7.62. The average Bonchev–Trinajstić information content (AvgIpc) is 2.91. The topological polar surface area (TPSA) is 64.1 Å². The Balaban J connectivity index is 1.60. The fraction of sp³-hybridized carbons (Fsp3) is 0.355. The molecule has 1 atom stereocenters. The van der Waals surface area contributed by atoms with Crippen molar-refractivity contribution in [3.63, 3.8) is 0 Å². The lowest BCUT2D eigenvalue weighted by molar-refractivity contribution is -0.137. The van der Waals surface area contributed by atoms with Gasteiger partial charge in [0.05, 0.1) is 45.0 Å². The van der Waals surface area contributed by atoms with Crippen LogP contribution in [-0.4, -0.2) is 62.8 Å². The van der Waals surface area contributed by atoms with Crippen LogP contribution in [0.1, 0.15) is 37.5 Å². The molecule has 2 heterocycles. The van der Waals surface area contributed by atoms with Crippen LogP contribution in [0, 0.1) is 5.82 Å². The maximum atomic E-state index is 14.6. The van der Waals surface area contributed by atoms with E-state index >= 15 is 0 Å². The Hall–Kier alpha value is -3.12. The van der Waals surface area contributed by atoms with E-state index in [2.05, 4.69) is 9.80 Å². The van der Waals surface area contributed by atoms with Crippen molar-refractivity contribution in [2.75, 3.05) is 41.9 Å². The maximum absolute atomic E-state index is 14.6. The highest BCUT2D eigenvalue weighted by Gasteiger charge is 2.41. The second-order valence-corrected chi connectivity index (χ2v) is 13.9. The Morgan fingerprint density at radius 3 is 2.42 bits per heavy atom. The highest BCUT2D eigenvalue weighted by atomic mass is 35.5. The molecule has 6 nitrogen and oxygen atoms in total. The molecule has 230 valence electrons. The smallest absolute Gasteiger partial charge is 0.389 e. The average molecular weight is 638 g/mol. The predicted octanol–water partition coefficient (Wildman–Crippen LogP) is 6.53. The summed E-state index contributed by atoms with van der Waals surface area (Å²) in [6, 6.07) is 13.0. The van der Waals surface area contributed by atoms with Gasteiger partial charge in [0.2, 0.25) is 0 Å². The van der Waals surface area contributed by atoms with Gasteiger partial charge in [-0.1, -0.05) is 35.9 Å². The third kappa shape index (κ3) is 6.55. The van der Waals surface area contributed by atoms with Gasteiger partial charge in [0.25, 0.3) is 10.0 Å². The van der Waals surface area contributed by atoms with E-state index in [0.29, 0.717) is 54.8 Å². The number of rotatable bonds is 6. The monoisotopic (exact) mass is 637 g/mol. The van der Waals surface area contributed by atoms with E-state index in [-0.39, 0.29) is 23.2 Å². The molecule has 1 unspecified atom stereocenters. The van der Waals surface area contributed by atoms with Crippen LogP contribution < -0.4 is 9.21 Å². The van der Waals surface area contributed by atoms with E-state index in [1.807, 2.05) is 0 Å². The largest absolute Gasteiger partial charge is 0.416 e. The Labute approximate surface area is 253 Å². The molecule has 3 aromatic rings. The molecule has 0 aromatic heterocycles. The van der Waals surface area contributed by atoms with Crippen molar-refractivity contribution < 1.29 is 31.1 Å². The number of allylic oxidation sites excluding steroid dienone is 1. The van der Waals surface area contributed by atoms with Gasteiger partial charge in [0.1, 0.15) is 5.82 Å². The number of aliphatic hydroxyl groups is 1. The normalized spacial score (nSPS) is 18.4. The number of alkyl halides is 3. The van der Waals surface area contributed by atoms with Crippen LogP contribution >= 0.6 is 11.6 Å². The number of benzene rings is 3. The molecule has 0 radical (unpaired) electrons. The summed E-state index contributed by atoms with van der Waals surface area (Å²) in [7, 11) is -4.44. The standard InChI is InChI=1S/C31H32ClF4N3O3S/c1-20(29-25(32)8-5-9-26(29)33)14-21-10-11-27-28(15-21)39(18-23-17-37(12-13-38(23)27)19-30(2,3)40)43(41,42)24-7-4-6-22(16-24)31(34,35)36/h4-11,14-16,23,40H,12-13,17-19H2,1-3H3/b20-14+. The number of hydrogen-bond donors (Lipinski definition) is 1. The molecular weight excluding hydrogens is 606 g/mol. The van der Waals surface area contributed by atoms with Gasteiger partial charge >= 0.3 is 6.18 Å². The van der Waals surface area contributed by atoms with Crippen LogP contribution in [0.15, 0.2) is 65.6 Å². The van der Waals surface area contributed by atoms with E-state index in [1.54, 1.807) is 51.1 Å². The van der Waals surface area contributed by atoms with Crippen molar-refractivity contribution in [2.45, 2.75) is 43.5 Å². The van der Waals surface area contributed by atoms with Crippen LogP contribution in [0.25, 0.3) is 11.6 Å². The first-order valence-corrected chi connectivity index (χ1v) is 15.5. The van der Waals surface area contributed by atoms with Gasteiger partial charge in [0, 0.05) is 31.7 Å². The lowest BCUT2D eigenvalue weighted by Crippen LogP contribution is -2.61. The van der Waals surface area contributed by atoms with Crippen LogP contribution in [0.3, 0.4) is 0 Å². The molecule has 0 amide bonds. The lowest BCUT2D eigenvalue weighted by Gasteiger charge is -2.49. The summed E-state index contributed by atoms with van der Waals surface area (Å²) < 4.78 is 84.5. The summed E-state index contributed by atoms with van der Waals surface area (Å²) in [5.74, 6) is -0.500. The number of anilines is 2. The number of β-amino-alcohol motifs (C(OH)–C–C–N with tert-alkyl or cyclic N) is 1. The number of fused-ring (bicyclic) bond motifs is 3. The zero-order chi connectivity index (χ0) is 31.3. The number of halogens is 5. The number of piperazine rings is 1. The molecule has 3 aromatic carbocycles. The first kappa shape index (κ1) is 31.3. The van der Waals surface area contributed by atoms with Gasteiger partial charge < -0.3 is 10.0 Å². The van der Waals surface area contributed by atoms with Gasteiger partial charge in [0.15, 0.2) is 0 Å². The summed E-state index contributed by atoms with van der Waals surface area (Å²) in [5.41, 5.74) is 0.218. The molecule has 12 heteroatoms. The van der Waals surface area contributed by atoms with E-state index in [9.17, 15) is 31.1 Å². The molecule has 0 bridgehead atoms. The minimum Gasteiger partial charge on any atom is -0.389 e. The third-order valence-corrected chi connectivity index (χ3v) is 9.71. The van der Waals surface area contributed by atoms with Crippen molar-refractivity contribution in [3.05, 3.63) is 88.2 Å². The molecule has 2 aliphatic heterocycles. The van der Waals surface area contributed by atoms with Crippen molar-refractivity contribution in [1.82, 2.24) is 4.90 Å². The fourth-order valence-electron chi connectivity index (χ4n) is 5.83. The maximum Gasteiger partial charge on any atom is 0.416 e. The van der Waals surface area contributed by atoms with Gasteiger partial charge in [-0.2, -0.15) is 13.2 Å². The number of sulfonamides is 1. The van der Waals surface area contributed by atoms with E-state index in [4.69, 9.17) is 11.6 Å². The first-order chi connectivity index (χ1) is 20.0. The van der Waals surface area contributed by atoms with Crippen molar-refractivity contribution in [2.24, 2.45) is 0 Å². The minimum atomic E-state index is -4.72. The molecule has 5 rings (SSSR count). The van der Waals surface area contributed by atoms with Gasteiger partial charge in [-0.15, -0.1) is 0 Å². The molecule has 43 heavy (non-hydrogen) atoms. The molecule has 0 spiro atoms. The summed E-state index contributed by atoms with van der Waals surface area (Å²) >= 11 is 6.26. The van der Waals surface area contributed by atoms with E-state index in [0.717, 1.165) is 22.5 Å². The van der Waals surface area contributed by atoms with Gasteiger partial charge in [-0.05, 0) is 74.4 Å². The van der Waals surface area contributed by atoms with Crippen LogP contribution in [0.2, 0.25) is 5.02 Å². The predicted molar refractivity (Wildman–Crippen MR) is 161 cm³/mol. The summed E-state index contributed by atoms with van der Waals surface area (Å²) in [6.07, 6.45) is -3.03. The van der Waals surface area contributed by atoms with Gasteiger partial charge in [-0.3, -0.25) is 9.21 Å². The second kappa shape index (κ2) is 11.4. The zero-order valence-corrected chi connectivity index (χ0v) is 25.4. The van der Waals surface area contributed by atoms with Crippen molar-refractivity contribution >= 4 is 44.6 Å². The summed E-state index contributed by atoms with van der Waals surface area (Å²) in [4.78, 5) is 3.68. The Morgan fingerprint density at radius 1 is 1.02 bits per heavy atom. The molecule has 1 fully saturated rings. The highest BCUT2D eigenvalue weighted by molar-refractivity contribution is 7.92. The number of hydrogen-bond acceptors (Lipinski definition) is 5. The van der Waals surface area contributed by atoms with Crippen molar-refractivity contribution in [1.29, 1.82) is 0 Å². The zero-order valence-electron chi connectivity index (χ0n) is 23.9. The van der Waals surface area contributed by atoms with Crippen LogP contribution in [0.5, 0.6) is 0 Å². The minimum absolute atomic E-state index is 0.0147. The van der Waals surface area contributed by atoms with Gasteiger partial charge in [-0.25, -0.2) is 12.8 Å². The molecule has 2 aliphatic rings. The lowest BCUT2D eigenvalue weighted by atomic mass is 10.00.